The summed E-state index contributed by atoms with van der Waals surface area (Å²) in [5.74, 6) is -0.0877. The first-order valence-electron chi connectivity index (χ1n) is 6.16. The molecule has 0 fully saturated rings. The Balaban J connectivity index is 2.21. The number of nitrogens with zero attached hydrogens (tertiary/aromatic N) is 6. The number of hydrogen-bond donors (Lipinski definition) is 4. The van der Waals surface area contributed by atoms with Crippen LogP contribution in [-0.4, -0.2) is 59.9 Å². The van der Waals surface area contributed by atoms with Gasteiger partial charge in [-0.2, -0.15) is 24.7 Å². The lowest BCUT2D eigenvalue weighted by atomic mass is 10.3. The van der Waals surface area contributed by atoms with Gasteiger partial charge in [0.2, 0.25) is 17.8 Å². The summed E-state index contributed by atoms with van der Waals surface area (Å²) in [6, 6.07) is 0. The highest BCUT2D eigenvalue weighted by molar-refractivity contribution is 5.79. The predicted octanol–water partition coefficient (Wildman–Crippen LogP) is -1.86. The molecule has 2 rings (SSSR count). The van der Waals surface area contributed by atoms with Gasteiger partial charge in [0, 0.05) is 6.54 Å². The first-order chi connectivity index (χ1) is 10.1. The Morgan fingerprint density at radius 1 is 1.38 bits per heavy atom. The summed E-state index contributed by atoms with van der Waals surface area (Å²) in [6.07, 6.45) is 1.45. The van der Waals surface area contributed by atoms with E-state index in [-0.39, 0.29) is 18.4 Å². The van der Waals surface area contributed by atoms with Gasteiger partial charge in [0.15, 0.2) is 0 Å². The molecule has 5 N–H and O–H groups in total. The minimum absolute atomic E-state index is 0.109. The summed E-state index contributed by atoms with van der Waals surface area (Å²) in [5.41, 5.74) is 4.97. The molecule has 0 spiro atoms. The van der Waals surface area contributed by atoms with E-state index in [9.17, 15) is 9.90 Å². The molecule has 0 aromatic carbocycles. The van der Waals surface area contributed by atoms with Crippen LogP contribution in [0.4, 0.5) is 11.9 Å². The maximum Gasteiger partial charge on any atom is 0.258 e. The molecule has 2 aromatic heterocycles. The molecular weight excluding hydrogens is 278 g/mol. The Bertz CT molecular complexity index is 601. The highest BCUT2D eigenvalue weighted by atomic mass is 16.3. The Morgan fingerprint density at radius 3 is 2.67 bits per heavy atom. The van der Waals surface area contributed by atoms with Gasteiger partial charge in [0.25, 0.3) is 5.95 Å². The fourth-order valence-corrected chi connectivity index (χ4v) is 1.38. The molecule has 0 aliphatic carbocycles. The number of primary amides is 1. The molecule has 11 heteroatoms. The number of aromatic nitrogens is 6. The number of nitrogens with one attached hydrogen (secondary N) is 2. The summed E-state index contributed by atoms with van der Waals surface area (Å²) in [4.78, 5) is 27.0. The molecule has 2 heterocycles. The fourth-order valence-electron chi connectivity index (χ4n) is 1.38. The Kier molecular flexibility index (Phi) is 4.56. The average molecular weight is 293 g/mol. The van der Waals surface area contributed by atoms with Gasteiger partial charge in [-0.25, -0.2) is 4.98 Å². The number of amides is 1. The second kappa shape index (κ2) is 6.56. The number of aliphatic hydroxyl groups is 1. The Labute approximate surface area is 119 Å². The highest BCUT2D eigenvalue weighted by Gasteiger charge is 2.13. The molecule has 2 aromatic rings. The number of carbonyl (C=O) groups is 1. The lowest BCUT2D eigenvalue weighted by Crippen LogP contribution is -2.34. The zero-order valence-electron chi connectivity index (χ0n) is 11.3. The fraction of sp³-hybridized carbons (Fsp3) is 0.400. The molecule has 0 aliphatic rings. The molecule has 112 valence electrons. The van der Waals surface area contributed by atoms with Crippen LogP contribution in [0, 0.1) is 0 Å². The van der Waals surface area contributed by atoms with Crippen molar-refractivity contribution in [3.63, 3.8) is 0 Å². The van der Waals surface area contributed by atoms with Gasteiger partial charge in [-0.1, -0.05) is 0 Å². The van der Waals surface area contributed by atoms with Crippen LogP contribution >= 0.6 is 0 Å². The molecule has 0 radical (unpaired) electrons. The van der Waals surface area contributed by atoms with Gasteiger partial charge in [0.1, 0.15) is 18.8 Å². The van der Waals surface area contributed by atoms with Crippen LogP contribution in [0.2, 0.25) is 0 Å². The summed E-state index contributed by atoms with van der Waals surface area (Å²) in [5, 5.41) is 18.9. The normalized spacial score (nSPS) is 11.9. The van der Waals surface area contributed by atoms with Crippen molar-refractivity contribution < 1.29 is 9.90 Å². The van der Waals surface area contributed by atoms with E-state index in [0.29, 0.717) is 12.5 Å². The van der Waals surface area contributed by atoms with E-state index in [1.54, 1.807) is 0 Å². The van der Waals surface area contributed by atoms with Crippen LogP contribution in [0.25, 0.3) is 5.95 Å². The molecule has 1 unspecified atom stereocenters. The zero-order chi connectivity index (χ0) is 15.2. The van der Waals surface area contributed by atoms with Crippen molar-refractivity contribution in [1.82, 2.24) is 29.7 Å². The molecule has 1 atom stereocenters. The van der Waals surface area contributed by atoms with Crippen molar-refractivity contribution in [3.8, 4) is 5.95 Å². The molecule has 0 saturated carbocycles. The minimum atomic E-state index is -1.33. The number of carbonyl (C=O) groups excluding carboxylic acids is 1. The topological polar surface area (TPSA) is 157 Å². The molecule has 11 nitrogen and oxygen atoms in total. The maximum atomic E-state index is 10.8. The number of nitrogens with two attached hydrogens (primary N) is 1. The Morgan fingerprint density at radius 2 is 2.10 bits per heavy atom. The van der Waals surface area contributed by atoms with E-state index >= 15 is 0 Å². The average Bonchev–Trinajstić information content (AvgIpc) is 2.99. The van der Waals surface area contributed by atoms with Gasteiger partial charge in [-0.15, -0.1) is 0 Å². The molecule has 21 heavy (non-hydrogen) atoms. The van der Waals surface area contributed by atoms with Gasteiger partial charge >= 0.3 is 0 Å². The van der Waals surface area contributed by atoms with Gasteiger partial charge < -0.3 is 21.5 Å². The van der Waals surface area contributed by atoms with Crippen LogP contribution in [0.15, 0.2) is 12.7 Å². The van der Waals surface area contributed by atoms with Crippen molar-refractivity contribution in [3.05, 3.63) is 12.7 Å². The number of anilines is 2. The third-order valence-electron chi connectivity index (χ3n) is 2.36. The van der Waals surface area contributed by atoms with Gasteiger partial charge in [-0.3, -0.25) is 4.79 Å². The van der Waals surface area contributed by atoms with Crippen molar-refractivity contribution in [2.75, 3.05) is 23.7 Å². The second-order valence-electron chi connectivity index (χ2n) is 3.95. The van der Waals surface area contributed by atoms with Crippen LogP contribution in [0.5, 0.6) is 0 Å². The van der Waals surface area contributed by atoms with Crippen molar-refractivity contribution >= 4 is 17.8 Å². The maximum absolute atomic E-state index is 10.8. The quantitative estimate of drug-likeness (QED) is 0.459. The van der Waals surface area contributed by atoms with Crippen LogP contribution < -0.4 is 16.4 Å². The largest absolute Gasteiger partial charge is 0.381 e. The number of rotatable bonds is 7. The van der Waals surface area contributed by atoms with E-state index in [0.717, 1.165) is 0 Å². The standard InChI is InChI=1S/C10H15N9O2/c1-2-13-8-16-9(14-3-6(20)7(11)21)18-10(17-8)19-5-12-4-15-19/h4-6,20H,2-3H2,1H3,(H2,11,21)(H2,13,14,16,17,18). The summed E-state index contributed by atoms with van der Waals surface area (Å²) >= 11 is 0. The molecule has 0 bridgehead atoms. The monoisotopic (exact) mass is 293 g/mol. The number of aliphatic hydroxyl groups excluding tert-OH is 1. The Hall–Kier alpha value is -2.82. The van der Waals surface area contributed by atoms with Crippen LogP contribution in [0.3, 0.4) is 0 Å². The summed E-state index contributed by atoms with van der Waals surface area (Å²) in [7, 11) is 0. The van der Waals surface area contributed by atoms with Crippen LogP contribution in [-0.2, 0) is 4.79 Å². The van der Waals surface area contributed by atoms with E-state index in [1.165, 1.54) is 17.3 Å². The van der Waals surface area contributed by atoms with Crippen LogP contribution in [0.1, 0.15) is 6.92 Å². The molecule has 0 aliphatic heterocycles. The van der Waals surface area contributed by atoms with Gasteiger partial charge in [-0.05, 0) is 6.92 Å². The first-order valence-corrected chi connectivity index (χ1v) is 6.16. The zero-order valence-corrected chi connectivity index (χ0v) is 11.3. The highest BCUT2D eigenvalue weighted by Crippen LogP contribution is 2.08. The van der Waals surface area contributed by atoms with E-state index in [1.807, 2.05) is 6.92 Å². The predicted molar refractivity (Wildman–Crippen MR) is 72.6 cm³/mol. The van der Waals surface area contributed by atoms with E-state index in [4.69, 9.17) is 5.73 Å². The second-order valence-corrected chi connectivity index (χ2v) is 3.95. The van der Waals surface area contributed by atoms with Gasteiger partial charge in [0.05, 0.1) is 6.54 Å². The van der Waals surface area contributed by atoms with E-state index < -0.39 is 12.0 Å². The van der Waals surface area contributed by atoms with Crippen molar-refractivity contribution in [2.45, 2.75) is 13.0 Å². The first kappa shape index (κ1) is 14.6. The van der Waals surface area contributed by atoms with E-state index in [2.05, 4.69) is 35.7 Å². The SMILES string of the molecule is CCNc1nc(NCC(O)C(N)=O)nc(-n2cncn2)n1. The van der Waals surface area contributed by atoms with Crippen molar-refractivity contribution in [1.29, 1.82) is 0 Å². The third-order valence-corrected chi connectivity index (χ3v) is 2.36. The third kappa shape index (κ3) is 3.82. The molecular formula is C10H15N9O2. The van der Waals surface area contributed by atoms with Crippen molar-refractivity contribution in [2.24, 2.45) is 5.73 Å². The smallest absolute Gasteiger partial charge is 0.258 e. The number of hydrogen-bond acceptors (Lipinski definition) is 9. The summed E-state index contributed by atoms with van der Waals surface area (Å²) in [6.45, 7) is 2.40. The molecule has 0 saturated heterocycles. The molecule has 1 amide bonds. The lowest BCUT2D eigenvalue weighted by Gasteiger charge is -2.10. The summed E-state index contributed by atoms with van der Waals surface area (Å²) < 4.78 is 1.36. The minimum Gasteiger partial charge on any atom is -0.381 e. The lowest BCUT2D eigenvalue weighted by molar-refractivity contribution is -0.125.